The summed E-state index contributed by atoms with van der Waals surface area (Å²) in [5.41, 5.74) is 2.90. The van der Waals surface area contributed by atoms with Gasteiger partial charge in [0.15, 0.2) is 6.10 Å². The number of rotatable bonds is 4. The van der Waals surface area contributed by atoms with Crippen LogP contribution in [-0.2, 0) is 16.0 Å². The highest BCUT2D eigenvalue weighted by Gasteiger charge is 2.12. The zero-order valence-electron chi connectivity index (χ0n) is 12.3. The molecular weight excluding hydrogens is 276 g/mol. The van der Waals surface area contributed by atoms with E-state index in [0.717, 1.165) is 27.5 Å². The zero-order chi connectivity index (χ0) is 15.5. The number of aryl methyl sites for hydroxylation is 1. The summed E-state index contributed by atoms with van der Waals surface area (Å²) in [5, 5.41) is 2.27. The Balaban J connectivity index is 1.85. The lowest BCUT2D eigenvalue weighted by molar-refractivity contribution is -0.145. The second kappa shape index (κ2) is 5.90. The Hall–Kier alpha value is -2.80. The maximum Gasteiger partial charge on any atom is 0.307 e. The number of hydrogen-bond donors (Lipinski definition) is 1. The van der Waals surface area contributed by atoms with E-state index in [1.165, 1.54) is 0 Å². The number of carbonyl (C=O) groups excluding carboxylic acids is 1. The van der Waals surface area contributed by atoms with Crippen molar-refractivity contribution in [3.63, 3.8) is 0 Å². The molecule has 3 aromatic rings. The number of aromatic amines is 1. The number of hydrogen-bond acceptors (Lipinski definition) is 3. The molecule has 0 spiro atoms. The van der Waals surface area contributed by atoms with Crippen LogP contribution in [0.3, 0.4) is 0 Å². The largest absolute Gasteiger partial charge is 0.449 e. The summed E-state index contributed by atoms with van der Waals surface area (Å²) in [6.07, 6.45) is 7.25. The van der Waals surface area contributed by atoms with E-state index < -0.39 is 6.10 Å². The minimum atomic E-state index is -0.496. The average Bonchev–Trinajstić information content (AvgIpc) is 2.92. The van der Waals surface area contributed by atoms with E-state index in [0.29, 0.717) is 6.42 Å². The van der Waals surface area contributed by atoms with Crippen molar-refractivity contribution in [1.29, 1.82) is 0 Å². The smallest absolute Gasteiger partial charge is 0.307 e. The van der Waals surface area contributed by atoms with Crippen molar-refractivity contribution in [2.45, 2.75) is 25.9 Å². The zero-order valence-corrected chi connectivity index (χ0v) is 12.3. The van der Waals surface area contributed by atoms with Gasteiger partial charge in [-0.2, -0.15) is 0 Å². The highest BCUT2D eigenvalue weighted by molar-refractivity contribution is 6.07. The van der Waals surface area contributed by atoms with Gasteiger partial charge in [-0.15, -0.1) is 6.42 Å². The molecule has 110 valence electrons. The van der Waals surface area contributed by atoms with Crippen molar-refractivity contribution in [3.05, 3.63) is 42.2 Å². The number of ether oxygens (including phenoxy) is 1. The predicted molar refractivity (Wildman–Crippen MR) is 86.3 cm³/mol. The molecule has 2 aromatic heterocycles. The summed E-state index contributed by atoms with van der Waals surface area (Å²) in [6, 6.07) is 10.1. The second-order valence-electron chi connectivity index (χ2n) is 5.15. The average molecular weight is 292 g/mol. The fourth-order valence-corrected chi connectivity index (χ4v) is 2.53. The first-order chi connectivity index (χ1) is 10.7. The van der Waals surface area contributed by atoms with Gasteiger partial charge in [0.1, 0.15) is 0 Å². The van der Waals surface area contributed by atoms with Gasteiger partial charge < -0.3 is 9.72 Å². The Morgan fingerprint density at radius 1 is 1.36 bits per heavy atom. The van der Waals surface area contributed by atoms with Crippen molar-refractivity contribution < 1.29 is 9.53 Å². The third kappa shape index (κ3) is 2.66. The molecule has 1 atom stereocenters. The molecular formula is C18H16N2O2. The van der Waals surface area contributed by atoms with Crippen LogP contribution >= 0.6 is 0 Å². The SMILES string of the molecule is C#CC(C)OC(=O)CCc1nccc2c1[nH]c1ccccc12. The van der Waals surface area contributed by atoms with Crippen molar-refractivity contribution >= 4 is 27.8 Å². The van der Waals surface area contributed by atoms with Gasteiger partial charge in [0, 0.05) is 28.9 Å². The molecule has 0 saturated heterocycles. The summed E-state index contributed by atoms with van der Waals surface area (Å²) in [6.45, 7) is 1.68. The van der Waals surface area contributed by atoms with Gasteiger partial charge in [-0.1, -0.05) is 24.1 Å². The van der Waals surface area contributed by atoms with Crippen molar-refractivity contribution in [2.24, 2.45) is 0 Å². The molecule has 4 nitrogen and oxygen atoms in total. The van der Waals surface area contributed by atoms with Gasteiger partial charge in [-0.3, -0.25) is 9.78 Å². The number of esters is 1. The third-order valence-corrected chi connectivity index (χ3v) is 3.62. The highest BCUT2D eigenvalue weighted by atomic mass is 16.5. The van der Waals surface area contributed by atoms with E-state index in [-0.39, 0.29) is 12.4 Å². The van der Waals surface area contributed by atoms with E-state index in [4.69, 9.17) is 11.2 Å². The maximum atomic E-state index is 11.7. The minimum absolute atomic E-state index is 0.257. The van der Waals surface area contributed by atoms with Gasteiger partial charge in [0.2, 0.25) is 0 Å². The molecule has 1 N–H and O–H groups in total. The van der Waals surface area contributed by atoms with Gasteiger partial charge in [0.05, 0.1) is 17.6 Å². The first-order valence-corrected chi connectivity index (χ1v) is 7.19. The fourth-order valence-electron chi connectivity index (χ4n) is 2.53. The molecule has 0 aliphatic rings. The van der Waals surface area contributed by atoms with Crippen molar-refractivity contribution in [2.75, 3.05) is 0 Å². The molecule has 0 amide bonds. The van der Waals surface area contributed by atoms with E-state index in [1.54, 1.807) is 13.1 Å². The van der Waals surface area contributed by atoms with Crippen LogP contribution in [0, 0.1) is 12.3 Å². The lowest BCUT2D eigenvalue weighted by Gasteiger charge is -2.07. The number of carbonyl (C=O) groups is 1. The Kier molecular flexibility index (Phi) is 3.80. The number of H-pyrrole nitrogens is 1. The van der Waals surface area contributed by atoms with Crippen LogP contribution in [0.15, 0.2) is 36.5 Å². The first-order valence-electron chi connectivity index (χ1n) is 7.19. The van der Waals surface area contributed by atoms with E-state index >= 15 is 0 Å². The van der Waals surface area contributed by atoms with Crippen LogP contribution in [0.4, 0.5) is 0 Å². The number of aromatic nitrogens is 2. The lowest BCUT2D eigenvalue weighted by Crippen LogP contribution is -2.13. The van der Waals surface area contributed by atoms with Crippen LogP contribution in [-0.4, -0.2) is 22.0 Å². The molecule has 1 unspecified atom stereocenters. The van der Waals surface area contributed by atoms with Gasteiger partial charge >= 0.3 is 5.97 Å². The van der Waals surface area contributed by atoms with Crippen LogP contribution < -0.4 is 0 Å². The number of terminal acetylenes is 1. The lowest BCUT2D eigenvalue weighted by atomic mass is 10.1. The highest BCUT2D eigenvalue weighted by Crippen LogP contribution is 2.26. The number of para-hydroxylation sites is 1. The standard InChI is InChI=1S/C18H16N2O2/c1-3-12(2)22-17(21)9-8-16-18-14(10-11-19-16)13-6-4-5-7-15(13)20-18/h1,4-7,10-12,20H,8-9H2,2H3. The molecule has 2 heterocycles. The normalized spacial score (nSPS) is 12.2. The molecule has 3 rings (SSSR count). The van der Waals surface area contributed by atoms with E-state index in [1.807, 2.05) is 24.3 Å². The number of pyridine rings is 1. The quantitative estimate of drug-likeness (QED) is 0.593. The van der Waals surface area contributed by atoms with Gasteiger partial charge in [-0.25, -0.2) is 0 Å². The number of nitrogens with zero attached hydrogens (tertiary/aromatic N) is 1. The first kappa shape index (κ1) is 14.2. The summed E-state index contributed by atoms with van der Waals surface area (Å²) in [4.78, 5) is 19.5. The Morgan fingerprint density at radius 2 is 2.18 bits per heavy atom. The van der Waals surface area contributed by atoms with Gasteiger partial charge in [0.25, 0.3) is 0 Å². The number of benzene rings is 1. The molecule has 0 aliphatic heterocycles. The van der Waals surface area contributed by atoms with Crippen LogP contribution in [0.1, 0.15) is 19.0 Å². The van der Waals surface area contributed by atoms with Crippen LogP contribution in [0.25, 0.3) is 21.8 Å². The monoisotopic (exact) mass is 292 g/mol. The minimum Gasteiger partial charge on any atom is -0.449 e. The molecule has 1 aromatic carbocycles. The van der Waals surface area contributed by atoms with Crippen LogP contribution in [0.2, 0.25) is 0 Å². The van der Waals surface area contributed by atoms with Crippen LogP contribution in [0.5, 0.6) is 0 Å². The molecule has 0 radical (unpaired) electrons. The van der Waals surface area contributed by atoms with E-state index in [2.05, 4.69) is 22.0 Å². The summed E-state index contributed by atoms with van der Waals surface area (Å²) >= 11 is 0. The number of nitrogens with one attached hydrogen (secondary N) is 1. The molecule has 4 heteroatoms. The Labute approximate surface area is 128 Å². The third-order valence-electron chi connectivity index (χ3n) is 3.62. The predicted octanol–water partition coefficient (Wildman–Crippen LogP) is 3.21. The molecule has 0 fully saturated rings. The summed E-state index contributed by atoms with van der Waals surface area (Å²) < 4.78 is 5.08. The molecule has 0 bridgehead atoms. The summed E-state index contributed by atoms with van der Waals surface area (Å²) in [7, 11) is 0. The molecule has 0 aliphatic carbocycles. The molecule has 22 heavy (non-hydrogen) atoms. The van der Waals surface area contributed by atoms with Crippen molar-refractivity contribution in [1.82, 2.24) is 9.97 Å². The van der Waals surface area contributed by atoms with E-state index in [9.17, 15) is 4.79 Å². The second-order valence-corrected chi connectivity index (χ2v) is 5.15. The number of fused-ring (bicyclic) bond motifs is 3. The van der Waals surface area contributed by atoms with Gasteiger partial charge in [-0.05, 0) is 19.1 Å². The molecule has 0 saturated carbocycles. The summed E-state index contributed by atoms with van der Waals surface area (Å²) in [5.74, 6) is 2.07. The Morgan fingerprint density at radius 3 is 3.00 bits per heavy atom. The maximum absolute atomic E-state index is 11.7. The fraction of sp³-hybridized carbons (Fsp3) is 0.222. The van der Waals surface area contributed by atoms with Crippen molar-refractivity contribution in [3.8, 4) is 12.3 Å². The topological polar surface area (TPSA) is 55.0 Å². The Bertz CT molecular complexity index is 874.